The standard InChI is InChI=1S/C25H29N7OS/c26-23-22-24(30-15-29-23)32(11-7-16-5-9-27-10-6-16)25(31-22)34-21-14-19-17(3-1-8-28-19)13-18(21)20-4-2-12-33-20/h2,4,12-16,27-28H,1,3,5-11H2,(H2,26,29,30). The van der Waals surface area contributed by atoms with Gasteiger partial charge in [0.1, 0.15) is 12.1 Å². The lowest BCUT2D eigenvalue weighted by atomic mass is 9.95. The van der Waals surface area contributed by atoms with E-state index in [-0.39, 0.29) is 0 Å². The van der Waals surface area contributed by atoms with E-state index in [9.17, 15) is 0 Å². The van der Waals surface area contributed by atoms with E-state index in [1.54, 1.807) is 18.0 Å². The molecule has 4 aromatic rings. The summed E-state index contributed by atoms with van der Waals surface area (Å²) in [5.74, 6) is 2.00. The number of nitrogens with zero attached hydrogens (tertiary/aromatic N) is 4. The molecule has 1 saturated heterocycles. The molecule has 0 bridgehead atoms. The maximum absolute atomic E-state index is 6.20. The average Bonchev–Trinajstić information content (AvgIpc) is 3.52. The van der Waals surface area contributed by atoms with Crippen LogP contribution in [-0.4, -0.2) is 39.2 Å². The summed E-state index contributed by atoms with van der Waals surface area (Å²) < 4.78 is 8.04. The molecule has 1 fully saturated rings. The Labute approximate surface area is 202 Å². The van der Waals surface area contributed by atoms with Gasteiger partial charge in [-0.1, -0.05) is 11.8 Å². The minimum Gasteiger partial charge on any atom is -0.464 e. The van der Waals surface area contributed by atoms with E-state index >= 15 is 0 Å². The lowest BCUT2D eigenvalue weighted by Gasteiger charge is -2.23. The third kappa shape index (κ3) is 4.14. The molecule has 0 saturated carbocycles. The number of aryl methyl sites for hydroxylation is 2. The second-order valence-electron chi connectivity index (χ2n) is 9.07. The van der Waals surface area contributed by atoms with Crippen molar-refractivity contribution in [1.29, 1.82) is 0 Å². The number of anilines is 2. The van der Waals surface area contributed by atoms with Gasteiger partial charge < -0.3 is 25.4 Å². The molecule has 2 aliphatic rings. The molecule has 2 aliphatic heterocycles. The Kier molecular flexibility index (Phi) is 5.88. The van der Waals surface area contributed by atoms with Crippen molar-refractivity contribution in [3.8, 4) is 11.3 Å². The van der Waals surface area contributed by atoms with Gasteiger partial charge in [0.2, 0.25) is 0 Å². The molecular weight excluding hydrogens is 446 g/mol. The first-order valence-electron chi connectivity index (χ1n) is 12.1. The van der Waals surface area contributed by atoms with Gasteiger partial charge in [-0.2, -0.15) is 0 Å². The number of nitrogens with one attached hydrogen (secondary N) is 2. The summed E-state index contributed by atoms with van der Waals surface area (Å²) in [4.78, 5) is 14.8. The molecule has 0 unspecified atom stereocenters. The van der Waals surface area contributed by atoms with Gasteiger partial charge >= 0.3 is 0 Å². The van der Waals surface area contributed by atoms with E-state index in [0.29, 0.717) is 17.3 Å². The third-order valence-electron chi connectivity index (χ3n) is 6.88. The number of imidazole rings is 1. The van der Waals surface area contributed by atoms with Crippen LogP contribution >= 0.6 is 11.8 Å². The molecule has 8 nitrogen and oxygen atoms in total. The molecule has 5 heterocycles. The third-order valence-corrected chi connectivity index (χ3v) is 7.93. The van der Waals surface area contributed by atoms with Crippen molar-refractivity contribution in [2.75, 3.05) is 30.7 Å². The Balaban J connectivity index is 1.40. The highest BCUT2D eigenvalue weighted by atomic mass is 32.2. The van der Waals surface area contributed by atoms with E-state index < -0.39 is 0 Å². The molecule has 0 spiro atoms. The topological polar surface area (TPSA) is 107 Å². The van der Waals surface area contributed by atoms with Gasteiger partial charge in [0.15, 0.2) is 22.1 Å². The molecule has 176 valence electrons. The molecule has 3 aromatic heterocycles. The first-order chi connectivity index (χ1) is 16.8. The summed E-state index contributed by atoms with van der Waals surface area (Å²) in [5.41, 5.74) is 11.3. The van der Waals surface area contributed by atoms with Crippen LogP contribution in [0.2, 0.25) is 0 Å². The van der Waals surface area contributed by atoms with E-state index in [0.717, 1.165) is 72.5 Å². The van der Waals surface area contributed by atoms with Crippen LogP contribution in [0.25, 0.3) is 22.5 Å². The maximum atomic E-state index is 6.20. The fraction of sp³-hybridized carbons (Fsp3) is 0.400. The number of fused-ring (bicyclic) bond motifs is 2. The lowest BCUT2D eigenvalue weighted by molar-refractivity contribution is 0.335. The van der Waals surface area contributed by atoms with Gasteiger partial charge in [-0.15, -0.1) is 0 Å². The minimum absolute atomic E-state index is 0.422. The summed E-state index contributed by atoms with van der Waals surface area (Å²) in [6, 6.07) is 8.46. The summed E-state index contributed by atoms with van der Waals surface area (Å²) in [5, 5.41) is 7.91. The number of piperidine rings is 1. The predicted molar refractivity (Wildman–Crippen MR) is 135 cm³/mol. The molecule has 0 aliphatic carbocycles. The van der Waals surface area contributed by atoms with Crippen molar-refractivity contribution < 1.29 is 4.42 Å². The predicted octanol–water partition coefficient (Wildman–Crippen LogP) is 4.57. The Morgan fingerprint density at radius 3 is 2.94 bits per heavy atom. The van der Waals surface area contributed by atoms with E-state index in [1.807, 2.05) is 12.1 Å². The molecular formula is C25H29N7OS. The zero-order valence-corrected chi connectivity index (χ0v) is 19.9. The van der Waals surface area contributed by atoms with Gasteiger partial charge in [0.25, 0.3) is 0 Å². The van der Waals surface area contributed by atoms with Crippen LogP contribution in [0.15, 0.2) is 51.3 Å². The molecule has 0 radical (unpaired) electrons. The van der Waals surface area contributed by atoms with Crippen molar-refractivity contribution in [3.05, 3.63) is 42.4 Å². The van der Waals surface area contributed by atoms with Crippen molar-refractivity contribution >= 4 is 34.4 Å². The monoisotopic (exact) mass is 475 g/mol. The van der Waals surface area contributed by atoms with Gasteiger partial charge in [-0.25, -0.2) is 15.0 Å². The Bertz CT molecular complexity index is 1290. The van der Waals surface area contributed by atoms with Crippen LogP contribution in [0.4, 0.5) is 11.5 Å². The lowest BCUT2D eigenvalue weighted by Crippen LogP contribution is -2.28. The van der Waals surface area contributed by atoms with Crippen molar-refractivity contribution in [3.63, 3.8) is 0 Å². The zero-order valence-electron chi connectivity index (χ0n) is 19.1. The minimum atomic E-state index is 0.422. The summed E-state index contributed by atoms with van der Waals surface area (Å²) in [6.07, 6.45) is 9.00. The first kappa shape index (κ1) is 21.5. The quantitative estimate of drug-likeness (QED) is 0.372. The van der Waals surface area contributed by atoms with Crippen molar-refractivity contribution in [1.82, 2.24) is 24.8 Å². The van der Waals surface area contributed by atoms with E-state index in [2.05, 4.69) is 37.3 Å². The number of nitrogens with two attached hydrogens (primary N) is 1. The Morgan fingerprint density at radius 2 is 2.09 bits per heavy atom. The van der Waals surface area contributed by atoms with Gasteiger partial charge in [0.05, 0.1) is 6.26 Å². The van der Waals surface area contributed by atoms with Crippen molar-refractivity contribution in [2.45, 2.75) is 48.7 Å². The molecule has 0 atom stereocenters. The largest absolute Gasteiger partial charge is 0.464 e. The van der Waals surface area contributed by atoms with Gasteiger partial charge in [-0.3, -0.25) is 0 Å². The smallest absolute Gasteiger partial charge is 0.175 e. The van der Waals surface area contributed by atoms with Crippen LogP contribution in [0.5, 0.6) is 0 Å². The molecule has 0 amide bonds. The fourth-order valence-electron chi connectivity index (χ4n) is 5.00. The number of furan rings is 1. The molecule has 6 rings (SSSR count). The van der Waals surface area contributed by atoms with Crippen LogP contribution < -0.4 is 16.4 Å². The number of rotatable bonds is 6. The molecule has 4 N–H and O–H groups in total. The molecule has 1 aromatic carbocycles. The Morgan fingerprint density at radius 1 is 1.18 bits per heavy atom. The van der Waals surface area contributed by atoms with Crippen LogP contribution in [0.1, 0.15) is 31.2 Å². The first-order valence-corrected chi connectivity index (χ1v) is 12.9. The number of aromatic nitrogens is 4. The normalized spacial score (nSPS) is 16.5. The van der Waals surface area contributed by atoms with Crippen molar-refractivity contribution in [2.24, 2.45) is 5.92 Å². The van der Waals surface area contributed by atoms with Crippen LogP contribution in [-0.2, 0) is 13.0 Å². The molecule has 34 heavy (non-hydrogen) atoms. The van der Waals surface area contributed by atoms with Crippen LogP contribution in [0, 0.1) is 5.92 Å². The molecule has 9 heteroatoms. The fourth-order valence-corrected chi connectivity index (χ4v) is 6.07. The highest BCUT2D eigenvalue weighted by Crippen LogP contribution is 2.41. The second-order valence-corrected chi connectivity index (χ2v) is 10.1. The van der Waals surface area contributed by atoms with Gasteiger partial charge in [0, 0.05) is 29.2 Å². The number of benzene rings is 1. The summed E-state index contributed by atoms with van der Waals surface area (Å²) in [7, 11) is 0. The van der Waals surface area contributed by atoms with Gasteiger partial charge in [-0.05, 0) is 80.9 Å². The van der Waals surface area contributed by atoms with Crippen LogP contribution in [0.3, 0.4) is 0 Å². The second kappa shape index (κ2) is 9.31. The maximum Gasteiger partial charge on any atom is 0.175 e. The number of hydrogen-bond donors (Lipinski definition) is 3. The zero-order chi connectivity index (χ0) is 22.9. The Hall–Kier alpha value is -3.04. The summed E-state index contributed by atoms with van der Waals surface area (Å²) in [6.45, 7) is 4.05. The van der Waals surface area contributed by atoms with E-state index in [4.69, 9.17) is 15.1 Å². The number of nitrogen functional groups attached to an aromatic ring is 1. The highest BCUT2D eigenvalue weighted by Gasteiger charge is 2.22. The number of hydrogen-bond acceptors (Lipinski definition) is 8. The van der Waals surface area contributed by atoms with E-state index in [1.165, 1.54) is 30.4 Å². The summed E-state index contributed by atoms with van der Waals surface area (Å²) >= 11 is 1.65. The SMILES string of the molecule is Nc1ncnc2c1nc(Sc1cc3c(cc1-c1ccco1)CCCN3)n2CCC1CCNCC1. The average molecular weight is 476 g/mol. The highest BCUT2D eigenvalue weighted by molar-refractivity contribution is 7.99.